The zero-order valence-corrected chi connectivity index (χ0v) is 39.7. The van der Waals surface area contributed by atoms with E-state index in [1.54, 1.807) is 0 Å². The predicted octanol–water partition coefficient (Wildman–Crippen LogP) is 16.4. The van der Waals surface area contributed by atoms with Crippen LogP contribution in [0.2, 0.25) is 0 Å². The number of allylic oxidation sites excluding steroid dienone is 14. The third-order valence-corrected chi connectivity index (χ3v) is 10.4. The number of hydrogen-bond acceptors (Lipinski definition) is 6. The molecule has 0 saturated carbocycles. The Morgan fingerprint density at radius 1 is 0.344 bits per heavy atom. The molecule has 0 spiro atoms. The summed E-state index contributed by atoms with van der Waals surface area (Å²) < 4.78 is 16.7. The zero-order chi connectivity index (χ0) is 44.4. The van der Waals surface area contributed by atoms with Crippen molar-refractivity contribution in [2.75, 3.05) is 13.2 Å². The lowest BCUT2D eigenvalue weighted by atomic mass is 10.1. The third kappa shape index (κ3) is 47.5. The summed E-state index contributed by atoms with van der Waals surface area (Å²) in [6.45, 7) is 6.36. The SMILES string of the molecule is CC/C=C\C/C=C\C/C=C\C/C=C\CCCCCCCCC(=O)OCC(COC(=O)CCCCCCCCCCCCC)OC(=O)CCCCC/C=C\C/C=C\C/C=C\CC. The van der Waals surface area contributed by atoms with Gasteiger partial charge in [0.25, 0.3) is 0 Å². The molecule has 0 aromatic carbocycles. The molecule has 348 valence electrons. The highest BCUT2D eigenvalue weighted by Crippen LogP contribution is 2.14. The summed E-state index contributed by atoms with van der Waals surface area (Å²) in [5, 5.41) is 0. The van der Waals surface area contributed by atoms with Crippen LogP contribution in [0, 0.1) is 0 Å². The molecule has 0 saturated heterocycles. The number of esters is 3. The van der Waals surface area contributed by atoms with Crippen LogP contribution >= 0.6 is 0 Å². The summed E-state index contributed by atoms with van der Waals surface area (Å²) in [6, 6.07) is 0. The average molecular weight is 849 g/mol. The number of hydrogen-bond donors (Lipinski definition) is 0. The van der Waals surface area contributed by atoms with E-state index in [1.807, 2.05) is 0 Å². The number of unbranched alkanes of at least 4 members (excludes halogenated alkanes) is 19. The quantitative estimate of drug-likeness (QED) is 0.0263. The van der Waals surface area contributed by atoms with E-state index in [-0.39, 0.29) is 37.5 Å². The first kappa shape index (κ1) is 57.6. The van der Waals surface area contributed by atoms with Crippen molar-refractivity contribution in [1.82, 2.24) is 0 Å². The Morgan fingerprint density at radius 2 is 0.639 bits per heavy atom. The largest absolute Gasteiger partial charge is 0.462 e. The second kappa shape index (κ2) is 49.2. The molecule has 0 fully saturated rings. The molecule has 6 nitrogen and oxygen atoms in total. The summed E-state index contributed by atoms with van der Waals surface area (Å²) in [5.74, 6) is -0.939. The van der Waals surface area contributed by atoms with Gasteiger partial charge in [0, 0.05) is 19.3 Å². The Bertz CT molecular complexity index is 1200. The first-order chi connectivity index (χ1) is 30.0. The predicted molar refractivity (Wildman–Crippen MR) is 261 cm³/mol. The van der Waals surface area contributed by atoms with Gasteiger partial charge >= 0.3 is 17.9 Å². The molecule has 61 heavy (non-hydrogen) atoms. The van der Waals surface area contributed by atoms with Crippen molar-refractivity contribution in [2.24, 2.45) is 0 Å². The summed E-state index contributed by atoms with van der Waals surface area (Å²) in [6.07, 6.45) is 62.8. The standard InChI is InChI=1S/C55H92O6/c1-4-7-10-13-16-19-22-24-25-26-27-28-29-31-33-36-39-42-45-48-54(57)60-51-52(50-59-53(56)47-44-41-38-35-32-21-18-15-12-9-6-3)61-55(58)49-46-43-40-37-34-30-23-20-17-14-11-8-5-2/h7-8,10-11,16-17,19-20,24-25,27-28,30,34,52H,4-6,9,12-15,18,21-23,26,29,31-33,35-51H2,1-3H3/b10-7-,11-8-,19-16-,20-17-,25-24-,28-27-,34-30-. The summed E-state index contributed by atoms with van der Waals surface area (Å²) in [7, 11) is 0. The minimum Gasteiger partial charge on any atom is -0.462 e. The third-order valence-electron chi connectivity index (χ3n) is 10.4. The minimum absolute atomic E-state index is 0.0923. The molecule has 1 unspecified atom stereocenters. The maximum absolute atomic E-state index is 12.7. The van der Waals surface area contributed by atoms with E-state index in [0.29, 0.717) is 12.8 Å². The molecule has 0 bridgehead atoms. The van der Waals surface area contributed by atoms with E-state index in [2.05, 4.69) is 106 Å². The van der Waals surface area contributed by atoms with Crippen molar-refractivity contribution >= 4 is 17.9 Å². The van der Waals surface area contributed by atoms with Crippen LogP contribution in [-0.4, -0.2) is 37.2 Å². The number of carbonyl (C=O) groups excluding carboxylic acids is 3. The van der Waals surface area contributed by atoms with Crippen LogP contribution in [0.25, 0.3) is 0 Å². The van der Waals surface area contributed by atoms with Crippen molar-refractivity contribution in [1.29, 1.82) is 0 Å². The molecular weight excluding hydrogens is 757 g/mol. The number of rotatable bonds is 44. The number of ether oxygens (including phenoxy) is 3. The Hall–Kier alpha value is -3.41. The van der Waals surface area contributed by atoms with Gasteiger partial charge in [0.2, 0.25) is 0 Å². The first-order valence-electron chi connectivity index (χ1n) is 25.1. The Morgan fingerprint density at radius 3 is 1.02 bits per heavy atom. The topological polar surface area (TPSA) is 78.9 Å². The van der Waals surface area contributed by atoms with E-state index in [4.69, 9.17) is 14.2 Å². The second-order valence-corrected chi connectivity index (χ2v) is 16.3. The van der Waals surface area contributed by atoms with Crippen LogP contribution in [0.3, 0.4) is 0 Å². The highest BCUT2D eigenvalue weighted by molar-refractivity contribution is 5.71. The molecule has 6 heteroatoms. The van der Waals surface area contributed by atoms with Crippen molar-refractivity contribution in [2.45, 2.75) is 232 Å². The van der Waals surface area contributed by atoms with Crippen molar-refractivity contribution in [3.63, 3.8) is 0 Å². The van der Waals surface area contributed by atoms with Gasteiger partial charge in [0.05, 0.1) is 0 Å². The van der Waals surface area contributed by atoms with Gasteiger partial charge in [0.1, 0.15) is 13.2 Å². The van der Waals surface area contributed by atoms with E-state index in [9.17, 15) is 14.4 Å². The first-order valence-corrected chi connectivity index (χ1v) is 25.1. The molecule has 0 aliphatic rings. The van der Waals surface area contributed by atoms with Gasteiger partial charge in [-0.3, -0.25) is 14.4 Å². The van der Waals surface area contributed by atoms with E-state index >= 15 is 0 Å². The van der Waals surface area contributed by atoms with Crippen molar-refractivity contribution in [3.8, 4) is 0 Å². The van der Waals surface area contributed by atoms with E-state index in [0.717, 1.165) is 122 Å². The van der Waals surface area contributed by atoms with Crippen LogP contribution in [0.1, 0.15) is 226 Å². The Labute approximate surface area is 375 Å². The van der Waals surface area contributed by atoms with Gasteiger partial charge < -0.3 is 14.2 Å². The lowest BCUT2D eigenvalue weighted by molar-refractivity contribution is -0.167. The molecule has 0 aromatic rings. The van der Waals surface area contributed by atoms with Gasteiger partial charge in [-0.25, -0.2) is 0 Å². The van der Waals surface area contributed by atoms with Crippen molar-refractivity contribution in [3.05, 3.63) is 85.1 Å². The zero-order valence-electron chi connectivity index (χ0n) is 39.7. The molecule has 1 atom stereocenters. The average Bonchev–Trinajstić information content (AvgIpc) is 3.26. The fourth-order valence-corrected chi connectivity index (χ4v) is 6.68. The van der Waals surface area contributed by atoms with Crippen LogP contribution < -0.4 is 0 Å². The second-order valence-electron chi connectivity index (χ2n) is 16.3. The van der Waals surface area contributed by atoms with Gasteiger partial charge in [-0.1, -0.05) is 202 Å². The monoisotopic (exact) mass is 849 g/mol. The molecule has 0 N–H and O–H groups in total. The molecule has 0 radical (unpaired) electrons. The Kier molecular flexibility index (Phi) is 46.5. The van der Waals surface area contributed by atoms with Crippen LogP contribution in [0.5, 0.6) is 0 Å². The molecule has 0 aliphatic carbocycles. The number of carbonyl (C=O) groups is 3. The molecule has 0 rings (SSSR count). The van der Waals surface area contributed by atoms with E-state index in [1.165, 1.54) is 64.2 Å². The maximum Gasteiger partial charge on any atom is 0.306 e. The molecule has 0 aliphatic heterocycles. The highest BCUT2D eigenvalue weighted by atomic mass is 16.6. The summed E-state index contributed by atoms with van der Waals surface area (Å²) >= 11 is 0. The van der Waals surface area contributed by atoms with Crippen LogP contribution in [0.15, 0.2) is 85.1 Å². The lowest BCUT2D eigenvalue weighted by Gasteiger charge is -2.18. The van der Waals surface area contributed by atoms with Gasteiger partial charge in [-0.2, -0.15) is 0 Å². The smallest absolute Gasteiger partial charge is 0.306 e. The summed E-state index contributed by atoms with van der Waals surface area (Å²) in [5.41, 5.74) is 0. The fraction of sp³-hybridized carbons (Fsp3) is 0.691. The summed E-state index contributed by atoms with van der Waals surface area (Å²) in [4.78, 5) is 37.9. The maximum atomic E-state index is 12.7. The van der Waals surface area contributed by atoms with Gasteiger partial charge in [-0.05, 0) is 89.9 Å². The van der Waals surface area contributed by atoms with Crippen LogP contribution in [0.4, 0.5) is 0 Å². The molecule has 0 amide bonds. The molecule has 0 heterocycles. The minimum atomic E-state index is -0.795. The van der Waals surface area contributed by atoms with E-state index < -0.39 is 6.10 Å². The van der Waals surface area contributed by atoms with Crippen molar-refractivity contribution < 1.29 is 28.6 Å². The lowest BCUT2D eigenvalue weighted by Crippen LogP contribution is -2.30. The Balaban J connectivity index is 4.41. The fourth-order valence-electron chi connectivity index (χ4n) is 6.68. The molecule has 0 aromatic heterocycles. The van der Waals surface area contributed by atoms with Gasteiger partial charge in [-0.15, -0.1) is 0 Å². The highest BCUT2D eigenvalue weighted by Gasteiger charge is 2.19. The normalized spacial score (nSPS) is 12.8. The van der Waals surface area contributed by atoms with Gasteiger partial charge in [0.15, 0.2) is 6.10 Å². The molecular formula is C55H92O6. The van der Waals surface area contributed by atoms with Crippen LogP contribution in [-0.2, 0) is 28.6 Å².